The van der Waals surface area contributed by atoms with Crippen molar-refractivity contribution in [2.24, 2.45) is 5.73 Å². The summed E-state index contributed by atoms with van der Waals surface area (Å²) in [5.41, 5.74) is 7.59. The van der Waals surface area contributed by atoms with Gasteiger partial charge in [-0.2, -0.15) is 0 Å². The van der Waals surface area contributed by atoms with Crippen molar-refractivity contribution in [2.75, 3.05) is 12.8 Å². The van der Waals surface area contributed by atoms with Crippen LogP contribution in [-0.4, -0.2) is 12.8 Å². The van der Waals surface area contributed by atoms with Crippen LogP contribution in [0.1, 0.15) is 5.56 Å². The average Bonchev–Trinajstić information content (AvgIpc) is 2.17. The Kier molecular flexibility index (Phi) is 3.38. The summed E-state index contributed by atoms with van der Waals surface area (Å²) in [4.78, 5) is 1.27. The van der Waals surface area contributed by atoms with Crippen LogP contribution in [0.25, 0.3) is 5.57 Å². The molecule has 0 aromatic heterocycles. The predicted octanol–water partition coefficient (Wildman–Crippen LogP) is 2.38. The Morgan fingerprint density at radius 3 is 2.42 bits per heavy atom. The second-order valence-corrected chi connectivity index (χ2v) is 3.42. The lowest BCUT2D eigenvalue weighted by molar-refractivity contribution is 1.26. The highest BCUT2D eigenvalue weighted by atomic mass is 32.2. The summed E-state index contributed by atoms with van der Waals surface area (Å²) in [7, 11) is 0. The molecule has 0 heterocycles. The quantitative estimate of drug-likeness (QED) is 0.721. The van der Waals surface area contributed by atoms with Crippen molar-refractivity contribution < 1.29 is 0 Å². The first-order chi connectivity index (χ1) is 5.77. The minimum absolute atomic E-state index is 0.526. The fourth-order valence-electron chi connectivity index (χ4n) is 0.945. The van der Waals surface area contributed by atoms with Gasteiger partial charge in [0.2, 0.25) is 0 Å². The van der Waals surface area contributed by atoms with Gasteiger partial charge < -0.3 is 5.73 Å². The molecule has 1 aromatic carbocycles. The molecule has 0 fully saturated rings. The molecule has 0 bridgehead atoms. The smallest absolute Gasteiger partial charge is 0.0178 e. The third kappa shape index (κ3) is 2.13. The highest BCUT2D eigenvalue weighted by molar-refractivity contribution is 7.98. The largest absolute Gasteiger partial charge is 0.326 e. The molecule has 0 atom stereocenters. The first-order valence-electron chi connectivity index (χ1n) is 3.80. The first-order valence-corrected chi connectivity index (χ1v) is 5.02. The van der Waals surface area contributed by atoms with Crippen molar-refractivity contribution in [3.8, 4) is 0 Å². The molecule has 0 aliphatic rings. The van der Waals surface area contributed by atoms with Crippen LogP contribution in [0.3, 0.4) is 0 Å². The van der Waals surface area contributed by atoms with Gasteiger partial charge in [0.25, 0.3) is 0 Å². The van der Waals surface area contributed by atoms with Crippen molar-refractivity contribution in [3.63, 3.8) is 0 Å². The normalized spacial score (nSPS) is 9.83. The summed E-state index contributed by atoms with van der Waals surface area (Å²) in [6, 6.07) is 8.28. The Labute approximate surface area is 77.7 Å². The molecule has 1 aromatic rings. The molecule has 64 valence electrons. The van der Waals surface area contributed by atoms with E-state index in [0.717, 1.165) is 11.1 Å². The molecule has 1 rings (SSSR count). The third-order valence-corrected chi connectivity index (χ3v) is 2.49. The van der Waals surface area contributed by atoms with E-state index in [2.05, 4.69) is 37.1 Å². The molecule has 1 nitrogen and oxygen atoms in total. The number of thioether (sulfide) groups is 1. The second kappa shape index (κ2) is 4.33. The lowest BCUT2D eigenvalue weighted by Crippen LogP contribution is -2.00. The molecule has 0 unspecified atom stereocenters. The molecule has 12 heavy (non-hydrogen) atoms. The minimum Gasteiger partial charge on any atom is -0.326 e. The first kappa shape index (κ1) is 9.36. The molecule has 0 amide bonds. The van der Waals surface area contributed by atoms with Crippen molar-refractivity contribution in [3.05, 3.63) is 36.4 Å². The van der Waals surface area contributed by atoms with Gasteiger partial charge in [0.1, 0.15) is 0 Å². The lowest BCUT2D eigenvalue weighted by Gasteiger charge is -2.02. The van der Waals surface area contributed by atoms with Gasteiger partial charge in [0.15, 0.2) is 0 Å². The summed E-state index contributed by atoms with van der Waals surface area (Å²) in [6.07, 6.45) is 2.06. The van der Waals surface area contributed by atoms with E-state index in [0.29, 0.717) is 6.54 Å². The van der Waals surface area contributed by atoms with E-state index < -0.39 is 0 Å². The second-order valence-electron chi connectivity index (χ2n) is 2.54. The molecule has 2 heteroatoms. The number of hydrogen-bond acceptors (Lipinski definition) is 2. The summed E-state index contributed by atoms with van der Waals surface area (Å²) in [6.45, 7) is 4.39. The van der Waals surface area contributed by atoms with Crippen LogP contribution < -0.4 is 5.73 Å². The zero-order valence-electron chi connectivity index (χ0n) is 7.21. The molecular formula is C10H13NS. The zero-order chi connectivity index (χ0) is 8.97. The number of hydrogen-bond donors (Lipinski definition) is 1. The van der Waals surface area contributed by atoms with E-state index in [-0.39, 0.29) is 0 Å². The van der Waals surface area contributed by atoms with E-state index >= 15 is 0 Å². The molecule has 0 spiro atoms. The topological polar surface area (TPSA) is 26.0 Å². The lowest BCUT2D eigenvalue weighted by atomic mass is 10.1. The minimum atomic E-state index is 0.526. The SMILES string of the molecule is C=C(CN)c1ccc(SC)cc1. The summed E-state index contributed by atoms with van der Waals surface area (Å²) >= 11 is 1.74. The Hall–Kier alpha value is -0.730. The summed E-state index contributed by atoms with van der Waals surface area (Å²) in [5, 5.41) is 0. The highest BCUT2D eigenvalue weighted by Crippen LogP contribution is 2.17. The number of nitrogens with two attached hydrogens (primary N) is 1. The third-order valence-electron chi connectivity index (χ3n) is 1.74. The fraction of sp³-hybridized carbons (Fsp3) is 0.200. The molecular weight excluding hydrogens is 166 g/mol. The van der Waals surface area contributed by atoms with Crippen molar-refractivity contribution >= 4 is 17.3 Å². The Bertz CT molecular complexity index is 264. The number of rotatable bonds is 3. The van der Waals surface area contributed by atoms with Crippen LogP contribution >= 0.6 is 11.8 Å². The van der Waals surface area contributed by atoms with Crippen LogP contribution in [0, 0.1) is 0 Å². The van der Waals surface area contributed by atoms with Gasteiger partial charge in [-0.25, -0.2) is 0 Å². The van der Waals surface area contributed by atoms with Crippen molar-refractivity contribution in [1.82, 2.24) is 0 Å². The average molecular weight is 179 g/mol. The van der Waals surface area contributed by atoms with Gasteiger partial charge in [-0.15, -0.1) is 11.8 Å². The summed E-state index contributed by atoms with van der Waals surface area (Å²) in [5.74, 6) is 0. The van der Waals surface area contributed by atoms with E-state index in [9.17, 15) is 0 Å². The van der Waals surface area contributed by atoms with E-state index in [1.54, 1.807) is 11.8 Å². The van der Waals surface area contributed by atoms with Crippen LogP contribution in [0.15, 0.2) is 35.7 Å². The fourth-order valence-corrected chi connectivity index (χ4v) is 1.35. The molecule has 0 saturated carbocycles. The van der Waals surface area contributed by atoms with Crippen molar-refractivity contribution in [2.45, 2.75) is 4.90 Å². The Morgan fingerprint density at radius 2 is 2.00 bits per heavy atom. The monoisotopic (exact) mass is 179 g/mol. The number of benzene rings is 1. The molecule has 0 aliphatic carbocycles. The van der Waals surface area contributed by atoms with E-state index in [1.807, 2.05) is 0 Å². The van der Waals surface area contributed by atoms with Gasteiger partial charge >= 0.3 is 0 Å². The van der Waals surface area contributed by atoms with Gasteiger partial charge in [-0.3, -0.25) is 0 Å². The Balaban J connectivity index is 2.84. The zero-order valence-corrected chi connectivity index (χ0v) is 8.03. The van der Waals surface area contributed by atoms with E-state index in [1.165, 1.54) is 4.90 Å². The maximum absolute atomic E-state index is 5.47. The highest BCUT2D eigenvalue weighted by Gasteiger charge is 1.95. The maximum atomic E-state index is 5.47. The van der Waals surface area contributed by atoms with Gasteiger partial charge in [-0.1, -0.05) is 18.7 Å². The van der Waals surface area contributed by atoms with Crippen molar-refractivity contribution in [1.29, 1.82) is 0 Å². The van der Waals surface area contributed by atoms with Crippen LogP contribution in [0.5, 0.6) is 0 Å². The van der Waals surface area contributed by atoms with Crippen LogP contribution in [-0.2, 0) is 0 Å². The van der Waals surface area contributed by atoms with Gasteiger partial charge in [0, 0.05) is 11.4 Å². The van der Waals surface area contributed by atoms with Gasteiger partial charge in [-0.05, 0) is 29.5 Å². The van der Waals surface area contributed by atoms with Crippen LogP contribution in [0.4, 0.5) is 0 Å². The van der Waals surface area contributed by atoms with Gasteiger partial charge in [0.05, 0.1) is 0 Å². The molecule has 0 saturated heterocycles. The van der Waals surface area contributed by atoms with E-state index in [4.69, 9.17) is 5.73 Å². The van der Waals surface area contributed by atoms with Crippen LogP contribution in [0.2, 0.25) is 0 Å². The predicted molar refractivity (Wildman–Crippen MR) is 56.3 cm³/mol. The molecule has 0 aliphatic heterocycles. The molecule has 0 radical (unpaired) electrons. The summed E-state index contributed by atoms with van der Waals surface area (Å²) < 4.78 is 0. The standard InChI is InChI=1S/C10H13NS/c1-8(7-11)9-3-5-10(12-2)6-4-9/h3-6H,1,7,11H2,2H3. The molecule has 2 N–H and O–H groups in total. The maximum Gasteiger partial charge on any atom is 0.0178 e. The Morgan fingerprint density at radius 1 is 1.42 bits per heavy atom.